The highest BCUT2D eigenvalue weighted by Gasteiger charge is 2.17. The van der Waals surface area contributed by atoms with E-state index in [1.165, 1.54) is 24.9 Å². The minimum atomic E-state index is -0.374. The van der Waals surface area contributed by atoms with E-state index >= 15 is 0 Å². The summed E-state index contributed by atoms with van der Waals surface area (Å²) in [5.74, 6) is 0.778. The van der Waals surface area contributed by atoms with Gasteiger partial charge in [-0.05, 0) is 48.9 Å². The highest BCUT2D eigenvalue weighted by molar-refractivity contribution is 8.00. The van der Waals surface area contributed by atoms with E-state index in [1.807, 2.05) is 61.5 Å². The number of amides is 2. The van der Waals surface area contributed by atoms with Crippen LogP contribution in [0.4, 0.5) is 11.4 Å². The monoisotopic (exact) mass is 462 g/mol. The van der Waals surface area contributed by atoms with Crippen molar-refractivity contribution < 1.29 is 19.1 Å². The standard InChI is InChI=1S/C26H26N2O4S/c1-18(26(30)28-23-14-13-21(31-2)17-24(23)32-3)33-22-11-7-10-20(16-22)27-25(29)15-12-19-8-5-4-6-9-19/h4-18H,1-3H3,(H,27,29)(H,28,30)/b15-12+. The fourth-order valence-electron chi connectivity index (χ4n) is 2.96. The number of nitrogens with one attached hydrogen (secondary N) is 2. The number of carbonyl (C=O) groups excluding carboxylic acids is 2. The lowest BCUT2D eigenvalue weighted by Gasteiger charge is -2.15. The van der Waals surface area contributed by atoms with Crippen molar-refractivity contribution in [3.8, 4) is 11.5 Å². The Morgan fingerprint density at radius 1 is 0.909 bits per heavy atom. The summed E-state index contributed by atoms with van der Waals surface area (Å²) in [5.41, 5.74) is 2.18. The lowest BCUT2D eigenvalue weighted by molar-refractivity contribution is -0.115. The molecule has 6 nitrogen and oxygen atoms in total. The molecule has 0 radical (unpaired) electrons. The van der Waals surface area contributed by atoms with E-state index in [-0.39, 0.29) is 17.1 Å². The van der Waals surface area contributed by atoms with Crippen LogP contribution in [0.5, 0.6) is 11.5 Å². The van der Waals surface area contributed by atoms with Gasteiger partial charge in [-0.2, -0.15) is 0 Å². The number of thioether (sulfide) groups is 1. The Bertz CT molecular complexity index is 1130. The van der Waals surface area contributed by atoms with Gasteiger partial charge in [0.25, 0.3) is 0 Å². The highest BCUT2D eigenvalue weighted by atomic mass is 32.2. The summed E-state index contributed by atoms with van der Waals surface area (Å²) in [7, 11) is 3.11. The predicted octanol–water partition coefficient (Wildman–Crippen LogP) is 5.48. The highest BCUT2D eigenvalue weighted by Crippen LogP contribution is 2.31. The van der Waals surface area contributed by atoms with Crippen LogP contribution < -0.4 is 20.1 Å². The molecule has 2 amide bonds. The van der Waals surface area contributed by atoms with Crippen LogP contribution in [-0.4, -0.2) is 31.3 Å². The molecule has 170 valence electrons. The van der Waals surface area contributed by atoms with E-state index in [2.05, 4.69) is 10.6 Å². The van der Waals surface area contributed by atoms with Crippen LogP contribution in [0.3, 0.4) is 0 Å². The van der Waals surface area contributed by atoms with Gasteiger partial charge in [0.05, 0.1) is 25.2 Å². The van der Waals surface area contributed by atoms with Crippen LogP contribution in [0, 0.1) is 0 Å². The lowest BCUT2D eigenvalue weighted by atomic mass is 10.2. The molecule has 0 bridgehead atoms. The van der Waals surface area contributed by atoms with Crippen molar-refractivity contribution in [1.82, 2.24) is 0 Å². The zero-order valence-electron chi connectivity index (χ0n) is 18.7. The second-order valence-corrected chi connectivity index (χ2v) is 8.49. The average Bonchev–Trinajstić information content (AvgIpc) is 2.83. The largest absolute Gasteiger partial charge is 0.497 e. The van der Waals surface area contributed by atoms with Gasteiger partial charge in [-0.3, -0.25) is 9.59 Å². The maximum atomic E-state index is 12.7. The first-order chi connectivity index (χ1) is 16.0. The molecular formula is C26H26N2O4S. The fraction of sp³-hybridized carbons (Fsp3) is 0.154. The van der Waals surface area contributed by atoms with Crippen LogP contribution >= 0.6 is 11.8 Å². The number of benzene rings is 3. The maximum absolute atomic E-state index is 12.7. The normalized spacial score (nSPS) is 11.6. The first kappa shape index (κ1) is 23.9. The Hall–Kier alpha value is -3.71. The Morgan fingerprint density at radius 3 is 2.42 bits per heavy atom. The molecule has 0 spiro atoms. The van der Waals surface area contributed by atoms with E-state index in [4.69, 9.17) is 9.47 Å². The molecule has 0 fully saturated rings. The van der Waals surface area contributed by atoms with E-state index < -0.39 is 0 Å². The summed E-state index contributed by atoms with van der Waals surface area (Å²) in [4.78, 5) is 25.8. The van der Waals surface area contributed by atoms with Crippen molar-refractivity contribution in [2.75, 3.05) is 24.9 Å². The second-order valence-electron chi connectivity index (χ2n) is 7.08. The van der Waals surface area contributed by atoms with Gasteiger partial charge < -0.3 is 20.1 Å². The Balaban J connectivity index is 1.59. The van der Waals surface area contributed by atoms with E-state index in [0.29, 0.717) is 22.9 Å². The molecule has 33 heavy (non-hydrogen) atoms. The summed E-state index contributed by atoms with van der Waals surface area (Å²) < 4.78 is 10.5. The zero-order valence-corrected chi connectivity index (χ0v) is 19.5. The molecule has 3 aromatic carbocycles. The lowest BCUT2D eigenvalue weighted by Crippen LogP contribution is -2.22. The second kappa shape index (κ2) is 11.8. The van der Waals surface area contributed by atoms with Crippen LogP contribution in [0.25, 0.3) is 6.08 Å². The first-order valence-electron chi connectivity index (χ1n) is 10.3. The minimum Gasteiger partial charge on any atom is -0.497 e. The van der Waals surface area contributed by atoms with Gasteiger partial charge in [-0.25, -0.2) is 0 Å². The predicted molar refractivity (Wildman–Crippen MR) is 134 cm³/mol. The molecular weight excluding hydrogens is 436 g/mol. The molecule has 3 rings (SSSR count). The van der Waals surface area contributed by atoms with Crippen molar-refractivity contribution >= 4 is 41.0 Å². The molecule has 7 heteroatoms. The first-order valence-corrected chi connectivity index (χ1v) is 11.2. The number of methoxy groups -OCH3 is 2. The van der Waals surface area contributed by atoms with Crippen molar-refractivity contribution in [2.24, 2.45) is 0 Å². The molecule has 0 aliphatic carbocycles. The zero-order chi connectivity index (χ0) is 23.6. The number of carbonyl (C=O) groups is 2. The quantitative estimate of drug-likeness (QED) is 0.326. The molecule has 0 aromatic heterocycles. The van der Waals surface area contributed by atoms with Crippen molar-refractivity contribution in [3.05, 3.63) is 84.4 Å². The number of rotatable bonds is 9. The van der Waals surface area contributed by atoms with E-state index in [9.17, 15) is 9.59 Å². The summed E-state index contributed by atoms with van der Waals surface area (Å²) in [6.45, 7) is 1.82. The SMILES string of the molecule is COc1ccc(NC(=O)C(C)Sc2cccc(NC(=O)/C=C/c3ccccc3)c2)c(OC)c1. The van der Waals surface area contributed by atoms with Gasteiger partial charge in [0, 0.05) is 22.7 Å². The Morgan fingerprint density at radius 2 is 1.70 bits per heavy atom. The van der Waals surface area contributed by atoms with E-state index in [1.54, 1.807) is 31.4 Å². The van der Waals surface area contributed by atoms with Crippen LogP contribution in [0.1, 0.15) is 12.5 Å². The fourth-order valence-corrected chi connectivity index (χ4v) is 3.89. The van der Waals surface area contributed by atoms with Crippen molar-refractivity contribution in [3.63, 3.8) is 0 Å². The molecule has 0 aliphatic heterocycles. The molecule has 3 aromatic rings. The third-order valence-electron chi connectivity index (χ3n) is 4.68. The minimum absolute atomic E-state index is 0.163. The molecule has 0 saturated carbocycles. The average molecular weight is 463 g/mol. The topological polar surface area (TPSA) is 76.7 Å². The molecule has 1 unspecified atom stereocenters. The van der Waals surface area contributed by atoms with Gasteiger partial charge >= 0.3 is 0 Å². The number of hydrogen-bond acceptors (Lipinski definition) is 5. The van der Waals surface area contributed by atoms with Gasteiger partial charge in [0.1, 0.15) is 11.5 Å². The summed E-state index contributed by atoms with van der Waals surface area (Å²) in [6.07, 6.45) is 3.25. The maximum Gasteiger partial charge on any atom is 0.248 e. The smallest absolute Gasteiger partial charge is 0.248 e. The Labute approximate surface area is 198 Å². The molecule has 2 N–H and O–H groups in total. The van der Waals surface area contributed by atoms with Gasteiger partial charge in [-0.1, -0.05) is 36.4 Å². The van der Waals surface area contributed by atoms with Crippen LogP contribution in [0.2, 0.25) is 0 Å². The third kappa shape index (κ3) is 7.15. The summed E-state index contributed by atoms with van der Waals surface area (Å²) in [5, 5.41) is 5.37. The number of anilines is 2. The van der Waals surface area contributed by atoms with Gasteiger partial charge in [0.2, 0.25) is 11.8 Å². The van der Waals surface area contributed by atoms with Crippen molar-refractivity contribution in [1.29, 1.82) is 0 Å². The summed E-state index contributed by atoms with van der Waals surface area (Å²) >= 11 is 1.40. The van der Waals surface area contributed by atoms with Gasteiger partial charge in [0.15, 0.2) is 0 Å². The molecule has 0 aliphatic rings. The van der Waals surface area contributed by atoms with Gasteiger partial charge in [-0.15, -0.1) is 11.8 Å². The molecule has 0 saturated heterocycles. The number of ether oxygens (including phenoxy) is 2. The number of hydrogen-bond donors (Lipinski definition) is 2. The van der Waals surface area contributed by atoms with E-state index in [0.717, 1.165) is 10.5 Å². The third-order valence-corrected chi connectivity index (χ3v) is 5.77. The Kier molecular flexibility index (Phi) is 8.55. The molecule has 1 atom stereocenters. The molecule has 0 heterocycles. The van der Waals surface area contributed by atoms with Crippen LogP contribution in [0.15, 0.2) is 83.8 Å². The summed E-state index contributed by atoms with van der Waals surface area (Å²) in [6, 6.07) is 22.2. The van der Waals surface area contributed by atoms with Crippen LogP contribution in [-0.2, 0) is 9.59 Å². The van der Waals surface area contributed by atoms with Crippen molar-refractivity contribution in [2.45, 2.75) is 17.1 Å².